The number of ether oxygens (including phenoxy) is 1. The van der Waals surface area contributed by atoms with Crippen LogP contribution in [0.15, 0.2) is 48.5 Å². The second-order valence-electron chi connectivity index (χ2n) is 6.43. The molecule has 0 aliphatic heterocycles. The minimum Gasteiger partial charge on any atom is -0.483 e. The molecule has 0 aliphatic carbocycles. The molecule has 3 rings (SSSR count). The number of benzene rings is 2. The van der Waals surface area contributed by atoms with E-state index in [1.807, 2.05) is 45.0 Å². The first-order valence-electron chi connectivity index (χ1n) is 8.71. The first-order chi connectivity index (χ1) is 12.9. The van der Waals surface area contributed by atoms with Crippen molar-refractivity contribution in [2.24, 2.45) is 0 Å². The number of anilines is 1. The van der Waals surface area contributed by atoms with Gasteiger partial charge in [0.25, 0.3) is 5.91 Å². The van der Waals surface area contributed by atoms with Gasteiger partial charge in [0.2, 0.25) is 0 Å². The second kappa shape index (κ2) is 8.03. The predicted molar refractivity (Wildman–Crippen MR) is 103 cm³/mol. The molecular weight excluding hydrogens is 345 g/mol. The number of amides is 1. The fourth-order valence-corrected chi connectivity index (χ4v) is 2.83. The highest BCUT2D eigenvalue weighted by atomic mass is 19.1. The third kappa shape index (κ3) is 4.53. The number of rotatable bonds is 6. The number of halogens is 1. The van der Waals surface area contributed by atoms with Crippen molar-refractivity contribution >= 4 is 11.6 Å². The van der Waals surface area contributed by atoms with Gasteiger partial charge in [-0.1, -0.05) is 30.3 Å². The predicted octanol–water partition coefficient (Wildman–Crippen LogP) is 4.01. The van der Waals surface area contributed by atoms with Gasteiger partial charge in [-0.25, -0.2) is 4.39 Å². The third-order valence-corrected chi connectivity index (χ3v) is 4.34. The lowest BCUT2D eigenvalue weighted by Crippen LogP contribution is -2.21. The molecule has 0 aliphatic rings. The largest absolute Gasteiger partial charge is 0.483 e. The second-order valence-corrected chi connectivity index (χ2v) is 6.43. The molecule has 0 atom stereocenters. The van der Waals surface area contributed by atoms with Gasteiger partial charge < -0.3 is 10.1 Å². The zero-order valence-corrected chi connectivity index (χ0v) is 15.6. The molecule has 3 aromatic rings. The van der Waals surface area contributed by atoms with Crippen LogP contribution in [0.4, 0.5) is 10.1 Å². The van der Waals surface area contributed by atoms with Gasteiger partial charge >= 0.3 is 0 Å². The average molecular weight is 367 g/mol. The lowest BCUT2D eigenvalue weighted by Gasteiger charge is -2.10. The molecule has 2 aromatic carbocycles. The number of hydrogen-bond donors (Lipinski definition) is 1. The summed E-state index contributed by atoms with van der Waals surface area (Å²) in [5, 5.41) is 7.36. The Morgan fingerprint density at radius 2 is 1.81 bits per heavy atom. The maximum absolute atomic E-state index is 13.1. The van der Waals surface area contributed by atoms with E-state index in [0.29, 0.717) is 18.0 Å². The third-order valence-electron chi connectivity index (χ3n) is 4.34. The van der Waals surface area contributed by atoms with Gasteiger partial charge in [-0.3, -0.25) is 9.48 Å². The van der Waals surface area contributed by atoms with Crippen LogP contribution in [0.5, 0.6) is 5.75 Å². The Hall–Kier alpha value is -3.15. The van der Waals surface area contributed by atoms with Crippen molar-refractivity contribution in [2.75, 3.05) is 11.9 Å². The molecule has 0 unspecified atom stereocenters. The highest BCUT2D eigenvalue weighted by Crippen LogP contribution is 2.21. The number of aromatic nitrogens is 2. The summed E-state index contributed by atoms with van der Waals surface area (Å²) >= 11 is 0. The monoisotopic (exact) mass is 367 g/mol. The van der Waals surface area contributed by atoms with E-state index in [1.54, 1.807) is 16.8 Å². The summed E-state index contributed by atoms with van der Waals surface area (Å²) in [7, 11) is 0. The molecule has 0 bridgehead atoms. The number of nitrogens with one attached hydrogen (secondary N) is 1. The first kappa shape index (κ1) is 18.6. The molecule has 1 aromatic heterocycles. The van der Waals surface area contributed by atoms with Gasteiger partial charge in [0.1, 0.15) is 11.6 Å². The van der Waals surface area contributed by atoms with Gasteiger partial charge in [0, 0.05) is 0 Å². The smallest absolute Gasteiger partial charge is 0.262 e. The molecule has 27 heavy (non-hydrogen) atoms. The average Bonchev–Trinajstić information content (AvgIpc) is 2.90. The van der Waals surface area contributed by atoms with Gasteiger partial charge in [-0.2, -0.15) is 5.10 Å². The SMILES string of the molecule is Cc1ccccc1OCC(=O)Nc1c(C)nn(Cc2ccc(F)cc2)c1C. The van der Waals surface area contributed by atoms with Crippen molar-refractivity contribution in [1.29, 1.82) is 0 Å². The highest BCUT2D eigenvalue weighted by molar-refractivity contribution is 5.93. The zero-order valence-electron chi connectivity index (χ0n) is 15.6. The van der Waals surface area contributed by atoms with Crippen LogP contribution >= 0.6 is 0 Å². The van der Waals surface area contributed by atoms with Gasteiger partial charge in [0.15, 0.2) is 6.61 Å². The van der Waals surface area contributed by atoms with E-state index in [-0.39, 0.29) is 18.3 Å². The van der Waals surface area contributed by atoms with Crippen LogP contribution in [0.25, 0.3) is 0 Å². The first-order valence-corrected chi connectivity index (χ1v) is 8.71. The van der Waals surface area contributed by atoms with Gasteiger partial charge in [0.05, 0.1) is 23.6 Å². The molecule has 0 fully saturated rings. The maximum atomic E-state index is 13.1. The quantitative estimate of drug-likeness (QED) is 0.716. The van der Waals surface area contributed by atoms with Crippen LogP contribution < -0.4 is 10.1 Å². The van der Waals surface area contributed by atoms with Crippen LogP contribution in [0.2, 0.25) is 0 Å². The normalized spacial score (nSPS) is 10.7. The number of hydrogen-bond acceptors (Lipinski definition) is 3. The molecule has 1 amide bonds. The summed E-state index contributed by atoms with van der Waals surface area (Å²) < 4.78 is 20.4. The van der Waals surface area contributed by atoms with Gasteiger partial charge in [-0.15, -0.1) is 0 Å². The molecule has 5 nitrogen and oxygen atoms in total. The summed E-state index contributed by atoms with van der Waals surface area (Å²) in [6.07, 6.45) is 0. The Bertz CT molecular complexity index is 949. The lowest BCUT2D eigenvalue weighted by atomic mass is 10.2. The number of carbonyl (C=O) groups is 1. The molecule has 1 heterocycles. The fourth-order valence-electron chi connectivity index (χ4n) is 2.83. The van der Waals surface area contributed by atoms with Crippen LogP contribution in [-0.4, -0.2) is 22.3 Å². The van der Waals surface area contributed by atoms with Crippen LogP contribution in [0, 0.1) is 26.6 Å². The van der Waals surface area contributed by atoms with E-state index in [2.05, 4.69) is 10.4 Å². The van der Waals surface area contributed by atoms with E-state index in [1.165, 1.54) is 12.1 Å². The number of carbonyl (C=O) groups excluding carboxylic acids is 1. The van der Waals surface area contributed by atoms with Crippen molar-refractivity contribution in [3.8, 4) is 5.75 Å². The van der Waals surface area contributed by atoms with Crippen molar-refractivity contribution < 1.29 is 13.9 Å². The molecule has 6 heteroatoms. The van der Waals surface area contributed by atoms with E-state index < -0.39 is 0 Å². The Kier molecular flexibility index (Phi) is 5.54. The molecule has 0 radical (unpaired) electrons. The Balaban J connectivity index is 1.66. The summed E-state index contributed by atoms with van der Waals surface area (Å²) in [4.78, 5) is 12.3. The van der Waals surface area contributed by atoms with Crippen molar-refractivity contribution in [2.45, 2.75) is 27.3 Å². The standard InChI is InChI=1S/C21H22FN3O2/c1-14-6-4-5-7-19(14)27-13-20(26)23-21-15(2)24-25(16(21)3)12-17-8-10-18(22)11-9-17/h4-11H,12-13H2,1-3H3,(H,23,26). The zero-order chi connectivity index (χ0) is 19.4. The molecule has 1 N–H and O–H groups in total. The highest BCUT2D eigenvalue weighted by Gasteiger charge is 2.15. The topological polar surface area (TPSA) is 56.1 Å². The van der Waals surface area contributed by atoms with Crippen LogP contribution in [0.3, 0.4) is 0 Å². The summed E-state index contributed by atoms with van der Waals surface area (Å²) in [5.74, 6) is 0.174. The van der Waals surface area contributed by atoms with Crippen LogP contribution in [0.1, 0.15) is 22.5 Å². The lowest BCUT2D eigenvalue weighted by molar-refractivity contribution is -0.118. The Labute approximate surface area is 157 Å². The molecule has 0 saturated carbocycles. The van der Waals surface area contributed by atoms with E-state index >= 15 is 0 Å². The number of para-hydroxylation sites is 1. The maximum Gasteiger partial charge on any atom is 0.262 e. The number of aryl methyl sites for hydroxylation is 2. The fraction of sp³-hybridized carbons (Fsp3) is 0.238. The molecule has 0 spiro atoms. The van der Waals surface area contributed by atoms with Crippen molar-refractivity contribution in [3.05, 3.63) is 76.9 Å². The molecular formula is C21H22FN3O2. The van der Waals surface area contributed by atoms with Crippen molar-refractivity contribution in [3.63, 3.8) is 0 Å². The van der Waals surface area contributed by atoms with Gasteiger partial charge in [-0.05, 0) is 50.1 Å². The summed E-state index contributed by atoms with van der Waals surface area (Å²) in [6.45, 7) is 6.09. The number of nitrogens with zero attached hydrogens (tertiary/aromatic N) is 2. The van der Waals surface area contributed by atoms with E-state index in [9.17, 15) is 9.18 Å². The summed E-state index contributed by atoms with van der Waals surface area (Å²) in [6, 6.07) is 13.8. The summed E-state index contributed by atoms with van der Waals surface area (Å²) in [5.41, 5.74) is 4.14. The van der Waals surface area contributed by atoms with Crippen LogP contribution in [-0.2, 0) is 11.3 Å². The molecule has 0 saturated heterocycles. The minimum absolute atomic E-state index is 0.0765. The molecule has 140 valence electrons. The van der Waals surface area contributed by atoms with E-state index in [0.717, 1.165) is 22.5 Å². The Morgan fingerprint density at radius 3 is 2.52 bits per heavy atom. The van der Waals surface area contributed by atoms with Crippen molar-refractivity contribution in [1.82, 2.24) is 9.78 Å². The Morgan fingerprint density at radius 1 is 1.11 bits per heavy atom. The van der Waals surface area contributed by atoms with E-state index in [4.69, 9.17) is 4.74 Å². The minimum atomic E-state index is -0.270.